The normalized spacial score (nSPS) is 11.2. The highest BCUT2D eigenvalue weighted by atomic mass is 32.2. The first-order valence-corrected chi connectivity index (χ1v) is 11.3. The van der Waals surface area contributed by atoms with Crippen LogP contribution in [0.1, 0.15) is 22.3 Å². The highest BCUT2D eigenvalue weighted by Gasteiger charge is 2.18. The zero-order valence-electron chi connectivity index (χ0n) is 17.1. The van der Waals surface area contributed by atoms with E-state index in [-0.39, 0.29) is 21.8 Å². The van der Waals surface area contributed by atoms with Crippen LogP contribution in [-0.2, 0) is 14.8 Å². The number of primary sulfonamides is 1. The lowest BCUT2D eigenvalue weighted by molar-refractivity contribution is -0.113. The average Bonchev–Trinajstić information content (AvgIpc) is 2.59. The number of anilines is 2. The summed E-state index contributed by atoms with van der Waals surface area (Å²) < 4.78 is 22.8. The third-order valence-electron chi connectivity index (χ3n) is 4.37. The summed E-state index contributed by atoms with van der Waals surface area (Å²) >= 11 is 0.901. The fourth-order valence-corrected chi connectivity index (χ4v) is 4.37. The topological polar surface area (TPSA) is 110 Å². The van der Waals surface area contributed by atoms with Crippen molar-refractivity contribution < 1.29 is 18.0 Å². The maximum atomic E-state index is 12.5. The molecule has 2 aromatic carbocycles. The van der Waals surface area contributed by atoms with Gasteiger partial charge >= 0.3 is 0 Å². The Labute approximate surface area is 175 Å². The molecule has 29 heavy (non-hydrogen) atoms. The van der Waals surface area contributed by atoms with Crippen LogP contribution in [0.2, 0.25) is 0 Å². The van der Waals surface area contributed by atoms with E-state index in [1.54, 1.807) is 18.9 Å². The van der Waals surface area contributed by atoms with Crippen molar-refractivity contribution in [3.8, 4) is 0 Å². The first-order valence-electron chi connectivity index (χ1n) is 8.81. The average molecular weight is 436 g/mol. The number of hydrogen-bond donors (Lipinski definition) is 2. The van der Waals surface area contributed by atoms with Crippen molar-refractivity contribution in [1.29, 1.82) is 0 Å². The van der Waals surface area contributed by atoms with Crippen LogP contribution in [0.15, 0.2) is 35.2 Å². The van der Waals surface area contributed by atoms with Crippen LogP contribution in [0.3, 0.4) is 0 Å². The van der Waals surface area contributed by atoms with Crippen molar-refractivity contribution >= 4 is 44.3 Å². The molecule has 0 bridgehead atoms. The van der Waals surface area contributed by atoms with Crippen molar-refractivity contribution in [2.45, 2.75) is 32.6 Å². The standard InChI is InChI=1S/C20H25N3O4S2/c1-12-8-14(3)19(15(4)9-12)23(5)20(25)28-11-18(24)22-17-7-6-16(10-13(17)2)29(21,26)27/h6-10H,11H2,1-5H3,(H,22,24)(H2,21,26,27). The minimum Gasteiger partial charge on any atom is -0.325 e. The first-order chi connectivity index (χ1) is 13.4. The van der Waals surface area contributed by atoms with Crippen LogP contribution < -0.4 is 15.4 Å². The second kappa shape index (κ2) is 8.98. The molecule has 0 spiro atoms. The lowest BCUT2D eigenvalue weighted by atomic mass is 10.0. The number of benzene rings is 2. The number of amides is 2. The maximum Gasteiger partial charge on any atom is 0.286 e. The molecule has 7 nitrogen and oxygen atoms in total. The lowest BCUT2D eigenvalue weighted by Crippen LogP contribution is -2.26. The molecule has 156 valence electrons. The van der Waals surface area contributed by atoms with E-state index in [1.165, 1.54) is 18.2 Å². The van der Waals surface area contributed by atoms with Gasteiger partial charge in [-0.2, -0.15) is 0 Å². The third kappa shape index (κ3) is 5.81. The molecular weight excluding hydrogens is 410 g/mol. The third-order valence-corrected chi connectivity index (χ3v) is 6.21. The second-order valence-corrected chi connectivity index (χ2v) is 9.42. The maximum absolute atomic E-state index is 12.5. The molecule has 0 heterocycles. The molecule has 2 rings (SSSR count). The summed E-state index contributed by atoms with van der Waals surface area (Å²) in [5, 5.41) is 7.55. The molecule has 0 unspecified atom stereocenters. The van der Waals surface area contributed by atoms with Gasteiger partial charge in [0.25, 0.3) is 5.24 Å². The number of hydrogen-bond acceptors (Lipinski definition) is 5. The molecule has 0 aliphatic carbocycles. The van der Waals surface area contributed by atoms with Gasteiger partial charge in [0.1, 0.15) is 0 Å². The number of carbonyl (C=O) groups is 2. The van der Waals surface area contributed by atoms with E-state index in [9.17, 15) is 18.0 Å². The first kappa shape index (κ1) is 22.9. The van der Waals surface area contributed by atoms with Gasteiger partial charge in [-0.15, -0.1) is 0 Å². The Morgan fingerprint density at radius 2 is 1.62 bits per heavy atom. The van der Waals surface area contributed by atoms with Gasteiger partial charge in [0.05, 0.1) is 10.6 Å². The van der Waals surface area contributed by atoms with Crippen molar-refractivity contribution in [3.05, 3.63) is 52.6 Å². The summed E-state index contributed by atoms with van der Waals surface area (Å²) in [5.41, 5.74) is 4.98. The second-order valence-electron chi connectivity index (χ2n) is 6.93. The van der Waals surface area contributed by atoms with Crippen molar-refractivity contribution in [2.75, 3.05) is 23.0 Å². The molecule has 0 aliphatic heterocycles. The Bertz CT molecular complexity index is 1040. The SMILES string of the molecule is Cc1cc(C)c(N(C)C(=O)SCC(=O)Nc2ccc(S(N)(=O)=O)cc2C)c(C)c1. The van der Waals surface area contributed by atoms with Gasteiger partial charge in [-0.3, -0.25) is 9.59 Å². The van der Waals surface area contributed by atoms with Crippen LogP contribution >= 0.6 is 11.8 Å². The summed E-state index contributed by atoms with van der Waals surface area (Å²) in [6.45, 7) is 7.57. The molecule has 0 radical (unpaired) electrons. The molecular formula is C20H25N3O4S2. The highest BCUT2D eigenvalue weighted by Crippen LogP contribution is 2.27. The lowest BCUT2D eigenvalue weighted by Gasteiger charge is -2.22. The molecule has 0 aromatic heterocycles. The largest absolute Gasteiger partial charge is 0.325 e. The summed E-state index contributed by atoms with van der Waals surface area (Å²) in [5.74, 6) is -0.427. The zero-order valence-corrected chi connectivity index (χ0v) is 18.7. The summed E-state index contributed by atoms with van der Waals surface area (Å²) in [6, 6.07) is 8.21. The van der Waals surface area contributed by atoms with Crippen molar-refractivity contribution in [2.24, 2.45) is 5.14 Å². The van der Waals surface area contributed by atoms with Gasteiger partial charge in [0, 0.05) is 18.4 Å². The van der Waals surface area contributed by atoms with Crippen LogP contribution in [0.25, 0.3) is 0 Å². The number of nitrogens with zero attached hydrogens (tertiary/aromatic N) is 1. The zero-order chi connectivity index (χ0) is 21.9. The number of thioether (sulfide) groups is 1. The fraction of sp³-hybridized carbons (Fsp3) is 0.300. The van der Waals surface area contributed by atoms with Gasteiger partial charge < -0.3 is 10.2 Å². The van der Waals surface area contributed by atoms with Crippen LogP contribution in [0.5, 0.6) is 0 Å². The van der Waals surface area contributed by atoms with Gasteiger partial charge in [0.15, 0.2) is 0 Å². The number of aryl methyl sites for hydroxylation is 4. The summed E-state index contributed by atoms with van der Waals surface area (Å²) in [7, 11) is -2.12. The number of nitrogens with two attached hydrogens (primary N) is 1. The molecule has 0 saturated heterocycles. The number of carbonyl (C=O) groups excluding carboxylic acids is 2. The van der Waals surface area contributed by atoms with Crippen LogP contribution in [-0.4, -0.2) is 32.4 Å². The minimum atomic E-state index is -3.80. The molecule has 0 fully saturated rings. The van der Waals surface area contributed by atoms with Crippen LogP contribution in [0.4, 0.5) is 16.2 Å². The van der Waals surface area contributed by atoms with Gasteiger partial charge in [-0.25, -0.2) is 13.6 Å². The smallest absolute Gasteiger partial charge is 0.286 e. The highest BCUT2D eigenvalue weighted by molar-refractivity contribution is 8.14. The fourth-order valence-electron chi connectivity index (χ4n) is 3.16. The molecule has 3 N–H and O–H groups in total. The van der Waals surface area contributed by atoms with E-state index >= 15 is 0 Å². The Kier molecular flexibility index (Phi) is 7.10. The molecule has 9 heteroatoms. The van der Waals surface area contributed by atoms with E-state index in [1.807, 2.05) is 32.9 Å². The van der Waals surface area contributed by atoms with Crippen molar-refractivity contribution in [3.63, 3.8) is 0 Å². The molecule has 0 atom stereocenters. The van der Waals surface area contributed by atoms with E-state index in [4.69, 9.17) is 5.14 Å². The van der Waals surface area contributed by atoms with E-state index in [0.717, 1.165) is 34.1 Å². The predicted octanol–water partition coefficient (Wildman–Crippen LogP) is 3.50. The Hall–Kier alpha value is -2.36. The summed E-state index contributed by atoms with van der Waals surface area (Å²) in [4.78, 5) is 26.3. The van der Waals surface area contributed by atoms with E-state index < -0.39 is 10.0 Å². The number of sulfonamides is 1. The molecule has 0 aliphatic rings. The van der Waals surface area contributed by atoms with Gasteiger partial charge in [-0.05, 0) is 62.6 Å². The van der Waals surface area contributed by atoms with E-state index in [2.05, 4.69) is 5.32 Å². The van der Waals surface area contributed by atoms with Gasteiger partial charge in [0.2, 0.25) is 15.9 Å². The minimum absolute atomic E-state index is 0.0250. The Balaban J connectivity index is 2.01. The molecule has 2 amide bonds. The Morgan fingerprint density at radius 3 is 2.14 bits per heavy atom. The Morgan fingerprint density at radius 1 is 1.03 bits per heavy atom. The number of rotatable bonds is 5. The monoisotopic (exact) mass is 435 g/mol. The summed E-state index contributed by atoms with van der Waals surface area (Å²) in [6.07, 6.45) is 0. The number of nitrogens with one attached hydrogen (secondary N) is 1. The molecule has 0 saturated carbocycles. The van der Waals surface area contributed by atoms with Crippen LogP contribution in [0, 0.1) is 27.7 Å². The quantitative estimate of drug-likeness (QED) is 0.747. The van der Waals surface area contributed by atoms with Gasteiger partial charge in [-0.1, -0.05) is 29.5 Å². The van der Waals surface area contributed by atoms with E-state index in [0.29, 0.717) is 11.3 Å². The molecule has 2 aromatic rings. The van der Waals surface area contributed by atoms with Crippen molar-refractivity contribution in [1.82, 2.24) is 0 Å². The predicted molar refractivity (Wildman–Crippen MR) is 118 cm³/mol.